The van der Waals surface area contributed by atoms with Gasteiger partial charge in [-0.15, -0.1) is 0 Å². The quantitative estimate of drug-likeness (QED) is 0.653. The summed E-state index contributed by atoms with van der Waals surface area (Å²) in [5.41, 5.74) is 3.07. The van der Waals surface area contributed by atoms with Crippen LogP contribution in [0, 0.1) is 0 Å². The molecule has 1 heterocycles. The van der Waals surface area contributed by atoms with E-state index >= 15 is 0 Å². The molecular formula is C22H27N3O3. The first kappa shape index (κ1) is 19.9. The number of nitrogens with zero attached hydrogens (tertiary/aromatic N) is 1. The molecule has 0 aliphatic carbocycles. The highest BCUT2D eigenvalue weighted by molar-refractivity contribution is 5.99. The number of hydrogen-bond acceptors (Lipinski definition) is 4. The van der Waals surface area contributed by atoms with Crippen LogP contribution in [0.15, 0.2) is 48.5 Å². The molecular weight excluding hydrogens is 354 g/mol. The van der Waals surface area contributed by atoms with Gasteiger partial charge < -0.3 is 20.3 Å². The van der Waals surface area contributed by atoms with Gasteiger partial charge in [-0.2, -0.15) is 0 Å². The van der Waals surface area contributed by atoms with Crippen LogP contribution in [0.25, 0.3) is 0 Å². The third kappa shape index (κ3) is 4.34. The van der Waals surface area contributed by atoms with E-state index in [1.165, 1.54) is 0 Å². The van der Waals surface area contributed by atoms with E-state index in [4.69, 9.17) is 4.74 Å². The fraction of sp³-hybridized carbons (Fsp3) is 0.364. The predicted molar refractivity (Wildman–Crippen MR) is 109 cm³/mol. The average molecular weight is 381 g/mol. The Morgan fingerprint density at radius 2 is 2.00 bits per heavy atom. The molecule has 1 aliphatic rings. The molecule has 0 fully saturated rings. The molecule has 2 aromatic rings. The first-order valence-electron chi connectivity index (χ1n) is 9.69. The number of hydrogen-bond donors (Lipinski definition) is 2. The standard InChI is InChI=1S/C22H27N3O3/c1-3-12-23-21(26)16-8-6-9-17(15-16)24-20-18-10-4-5-11-19(18)22(27)25(20)13-7-14-28-2/h4-6,8-11,15,20,24H,3,7,12-14H2,1-2H3,(H,23,26)/t20-/m0/s1. The summed E-state index contributed by atoms with van der Waals surface area (Å²) in [5.74, 6) is -0.0774. The van der Waals surface area contributed by atoms with Crippen LogP contribution < -0.4 is 10.6 Å². The Kier molecular flexibility index (Phi) is 6.66. The maximum absolute atomic E-state index is 12.9. The van der Waals surface area contributed by atoms with Crippen molar-refractivity contribution in [1.29, 1.82) is 0 Å². The highest BCUT2D eigenvalue weighted by atomic mass is 16.5. The zero-order valence-electron chi connectivity index (χ0n) is 16.4. The lowest BCUT2D eigenvalue weighted by atomic mass is 10.1. The van der Waals surface area contributed by atoms with Crippen molar-refractivity contribution in [2.45, 2.75) is 25.9 Å². The van der Waals surface area contributed by atoms with Gasteiger partial charge >= 0.3 is 0 Å². The second-order valence-corrected chi connectivity index (χ2v) is 6.82. The zero-order chi connectivity index (χ0) is 19.9. The number of rotatable bonds is 9. The maximum Gasteiger partial charge on any atom is 0.256 e. The molecule has 0 aromatic heterocycles. The number of benzene rings is 2. The molecule has 2 aromatic carbocycles. The second-order valence-electron chi connectivity index (χ2n) is 6.82. The van der Waals surface area contributed by atoms with E-state index in [2.05, 4.69) is 10.6 Å². The number of nitrogens with one attached hydrogen (secondary N) is 2. The third-order valence-corrected chi connectivity index (χ3v) is 4.77. The highest BCUT2D eigenvalue weighted by Crippen LogP contribution is 2.34. The molecule has 0 unspecified atom stereocenters. The van der Waals surface area contributed by atoms with E-state index in [9.17, 15) is 9.59 Å². The molecule has 0 radical (unpaired) electrons. The molecule has 0 bridgehead atoms. The van der Waals surface area contributed by atoms with Gasteiger partial charge in [-0.05, 0) is 37.1 Å². The van der Waals surface area contributed by atoms with Gasteiger partial charge in [-0.3, -0.25) is 9.59 Å². The summed E-state index contributed by atoms with van der Waals surface area (Å²) >= 11 is 0. The minimum atomic E-state index is -0.269. The molecule has 1 aliphatic heterocycles. The minimum absolute atomic E-state index is 0.0149. The third-order valence-electron chi connectivity index (χ3n) is 4.77. The summed E-state index contributed by atoms with van der Waals surface area (Å²) in [4.78, 5) is 27.0. The Morgan fingerprint density at radius 1 is 1.18 bits per heavy atom. The van der Waals surface area contributed by atoms with Gasteiger partial charge in [0.1, 0.15) is 6.17 Å². The van der Waals surface area contributed by atoms with Crippen LogP contribution in [-0.4, -0.2) is 43.5 Å². The first-order chi connectivity index (χ1) is 13.7. The van der Waals surface area contributed by atoms with Gasteiger partial charge in [0.05, 0.1) is 0 Å². The Bertz CT molecular complexity index is 837. The van der Waals surface area contributed by atoms with Crippen LogP contribution in [0.2, 0.25) is 0 Å². The number of methoxy groups -OCH3 is 1. The molecule has 3 rings (SSSR count). The molecule has 0 spiro atoms. The Morgan fingerprint density at radius 3 is 2.79 bits per heavy atom. The molecule has 2 amide bonds. The summed E-state index contributed by atoms with van der Waals surface area (Å²) in [6, 6.07) is 15.0. The Balaban J connectivity index is 1.82. The van der Waals surface area contributed by atoms with Crippen LogP contribution >= 0.6 is 0 Å². The fourth-order valence-corrected chi connectivity index (χ4v) is 3.38. The molecule has 2 N–H and O–H groups in total. The van der Waals surface area contributed by atoms with Crippen molar-refractivity contribution in [3.8, 4) is 0 Å². The smallest absolute Gasteiger partial charge is 0.256 e. The van der Waals surface area contributed by atoms with Crippen molar-refractivity contribution in [3.05, 3.63) is 65.2 Å². The van der Waals surface area contributed by atoms with Gasteiger partial charge in [0.15, 0.2) is 0 Å². The number of carbonyl (C=O) groups is 2. The van der Waals surface area contributed by atoms with E-state index < -0.39 is 0 Å². The molecule has 0 saturated heterocycles. The van der Waals surface area contributed by atoms with Crippen LogP contribution in [0.1, 0.15) is 52.2 Å². The normalized spacial score (nSPS) is 15.4. The second kappa shape index (κ2) is 9.37. The van der Waals surface area contributed by atoms with Gasteiger partial charge in [0.25, 0.3) is 11.8 Å². The molecule has 148 valence electrons. The van der Waals surface area contributed by atoms with Crippen molar-refractivity contribution in [2.24, 2.45) is 0 Å². The largest absolute Gasteiger partial charge is 0.385 e. The van der Waals surface area contributed by atoms with Gasteiger partial charge in [0.2, 0.25) is 0 Å². The number of amides is 2. The average Bonchev–Trinajstić information content (AvgIpc) is 2.98. The highest BCUT2D eigenvalue weighted by Gasteiger charge is 2.36. The van der Waals surface area contributed by atoms with Crippen molar-refractivity contribution < 1.29 is 14.3 Å². The van der Waals surface area contributed by atoms with E-state index in [-0.39, 0.29) is 18.0 Å². The van der Waals surface area contributed by atoms with E-state index in [0.717, 1.165) is 24.1 Å². The van der Waals surface area contributed by atoms with Crippen LogP contribution in [0.5, 0.6) is 0 Å². The van der Waals surface area contributed by atoms with Crippen molar-refractivity contribution >= 4 is 17.5 Å². The first-order valence-corrected chi connectivity index (χ1v) is 9.69. The lowest BCUT2D eigenvalue weighted by molar-refractivity contribution is 0.0721. The van der Waals surface area contributed by atoms with E-state index in [0.29, 0.717) is 30.8 Å². The minimum Gasteiger partial charge on any atom is -0.385 e. The van der Waals surface area contributed by atoms with E-state index in [1.54, 1.807) is 13.2 Å². The maximum atomic E-state index is 12.9. The Hall–Kier alpha value is -2.86. The molecule has 1 atom stereocenters. The van der Waals surface area contributed by atoms with Gasteiger partial charge in [-0.25, -0.2) is 0 Å². The number of carbonyl (C=O) groups excluding carboxylic acids is 2. The van der Waals surface area contributed by atoms with Crippen molar-refractivity contribution in [2.75, 3.05) is 32.1 Å². The van der Waals surface area contributed by atoms with Gasteiger partial charge in [-0.1, -0.05) is 31.2 Å². The SMILES string of the molecule is CCCNC(=O)c1cccc(N[C@@H]2c3ccccc3C(=O)N2CCCOC)c1. The summed E-state index contributed by atoms with van der Waals surface area (Å²) < 4.78 is 5.14. The van der Waals surface area contributed by atoms with Crippen LogP contribution in [0.3, 0.4) is 0 Å². The Labute approximate surface area is 165 Å². The summed E-state index contributed by atoms with van der Waals surface area (Å²) in [6.45, 7) is 3.86. The number of ether oxygens (including phenoxy) is 1. The van der Waals surface area contributed by atoms with Crippen molar-refractivity contribution in [1.82, 2.24) is 10.2 Å². The number of fused-ring (bicyclic) bond motifs is 1. The van der Waals surface area contributed by atoms with E-state index in [1.807, 2.05) is 54.3 Å². The molecule has 28 heavy (non-hydrogen) atoms. The lowest BCUT2D eigenvalue weighted by Gasteiger charge is -2.27. The zero-order valence-corrected chi connectivity index (χ0v) is 16.4. The van der Waals surface area contributed by atoms with Gasteiger partial charge in [0, 0.05) is 49.2 Å². The summed E-state index contributed by atoms with van der Waals surface area (Å²) in [5, 5.41) is 6.33. The summed E-state index contributed by atoms with van der Waals surface area (Å²) in [7, 11) is 1.66. The predicted octanol–water partition coefficient (Wildman–Crippen LogP) is 3.43. The molecule has 6 heteroatoms. The van der Waals surface area contributed by atoms with Crippen LogP contribution in [-0.2, 0) is 4.74 Å². The monoisotopic (exact) mass is 381 g/mol. The molecule has 6 nitrogen and oxygen atoms in total. The number of anilines is 1. The lowest BCUT2D eigenvalue weighted by Crippen LogP contribution is -2.33. The topological polar surface area (TPSA) is 70.7 Å². The molecule has 0 saturated carbocycles. The fourth-order valence-electron chi connectivity index (χ4n) is 3.38. The van der Waals surface area contributed by atoms with Crippen molar-refractivity contribution in [3.63, 3.8) is 0 Å². The summed E-state index contributed by atoms with van der Waals surface area (Å²) in [6.07, 6.45) is 1.38. The van der Waals surface area contributed by atoms with Crippen LogP contribution in [0.4, 0.5) is 5.69 Å².